The molecule has 1 aliphatic heterocycles. The number of amides is 1. The van der Waals surface area contributed by atoms with Crippen LogP contribution in [0.4, 0.5) is 13.6 Å². The van der Waals surface area contributed by atoms with E-state index in [-0.39, 0.29) is 24.2 Å². The summed E-state index contributed by atoms with van der Waals surface area (Å²) < 4.78 is 41.2. The molecular weight excluding hydrogens is 671 g/mol. The first kappa shape index (κ1) is 29.0. The van der Waals surface area contributed by atoms with E-state index >= 15 is 0 Å². The first-order valence-corrected chi connectivity index (χ1v) is 14.1. The molecule has 1 saturated heterocycles. The van der Waals surface area contributed by atoms with Crippen LogP contribution in [0.25, 0.3) is 0 Å². The van der Waals surface area contributed by atoms with Gasteiger partial charge in [0.2, 0.25) is 0 Å². The Kier molecular flexibility index (Phi) is 10.3. The number of alkyl halides is 2. The van der Waals surface area contributed by atoms with Gasteiger partial charge in [0.25, 0.3) is 0 Å². The number of benzene rings is 1. The van der Waals surface area contributed by atoms with Gasteiger partial charge in [-0.1, -0.05) is 28.1 Å². The summed E-state index contributed by atoms with van der Waals surface area (Å²) in [5, 5.41) is 10.3. The lowest BCUT2D eigenvalue weighted by Crippen LogP contribution is -2.45. The number of aliphatic hydroxyl groups is 1. The molecule has 0 saturated carbocycles. The van der Waals surface area contributed by atoms with Gasteiger partial charge in [0, 0.05) is 31.4 Å². The SMILES string of the molecule is CC(C)OC(=O)c1ccc(CCCN2C(=O)OCC[C@@H]2C=CC(O)C(F)(F)c2cc(Br)cc(I)c2)s1. The number of nitrogens with zero attached hydrogens (tertiary/aromatic N) is 1. The molecule has 0 spiro atoms. The average molecular weight is 698 g/mol. The van der Waals surface area contributed by atoms with E-state index in [0.29, 0.717) is 38.7 Å². The van der Waals surface area contributed by atoms with Crippen molar-refractivity contribution in [3.8, 4) is 0 Å². The third kappa shape index (κ3) is 7.72. The lowest BCUT2D eigenvalue weighted by atomic mass is 10.0. The molecule has 1 unspecified atom stereocenters. The number of hydrogen-bond acceptors (Lipinski definition) is 6. The number of carbonyl (C=O) groups is 2. The number of cyclic esters (lactones) is 1. The van der Waals surface area contributed by atoms with Crippen LogP contribution in [0.3, 0.4) is 0 Å². The van der Waals surface area contributed by atoms with Crippen LogP contribution in [0.5, 0.6) is 0 Å². The van der Waals surface area contributed by atoms with Crippen LogP contribution in [0.15, 0.2) is 47.0 Å². The summed E-state index contributed by atoms with van der Waals surface area (Å²) >= 11 is 6.49. The van der Waals surface area contributed by atoms with E-state index in [1.165, 1.54) is 34.4 Å². The summed E-state index contributed by atoms with van der Waals surface area (Å²) in [4.78, 5) is 27.4. The van der Waals surface area contributed by atoms with E-state index in [1.54, 1.807) is 26.0 Å². The molecule has 1 aromatic heterocycles. The second-order valence-electron chi connectivity index (χ2n) is 8.60. The largest absolute Gasteiger partial charge is 0.459 e. The van der Waals surface area contributed by atoms with Gasteiger partial charge in [-0.3, -0.25) is 0 Å². The van der Waals surface area contributed by atoms with Crippen LogP contribution in [-0.2, 0) is 21.8 Å². The van der Waals surface area contributed by atoms with Gasteiger partial charge in [0.15, 0.2) is 0 Å². The Bertz CT molecular complexity index is 1090. The highest BCUT2D eigenvalue weighted by atomic mass is 127. The van der Waals surface area contributed by atoms with Crippen molar-refractivity contribution < 1.29 is 33.0 Å². The number of halogens is 4. The molecule has 0 bridgehead atoms. The van der Waals surface area contributed by atoms with Gasteiger partial charge >= 0.3 is 18.0 Å². The Morgan fingerprint density at radius 1 is 1.39 bits per heavy atom. The van der Waals surface area contributed by atoms with Crippen LogP contribution in [-0.4, -0.2) is 53.5 Å². The minimum absolute atomic E-state index is 0.174. The second-order valence-corrected chi connectivity index (χ2v) is 11.9. The predicted octanol–water partition coefficient (Wildman–Crippen LogP) is 6.53. The van der Waals surface area contributed by atoms with E-state index in [1.807, 2.05) is 28.7 Å². The maximum atomic E-state index is 14.9. The van der Waals surface area contributed by atoms with Crippen LogP contribution < -0.4 is 0 Å². The minimum atomic E-state index is -3.51. The Balaban J connectivity index is 1.61. The van der Waals surface area contributed by atoms with Gasteiger partial charge in [0.1, 0.15) is 11.0 Å². The summed E-state index contributed by atoms with van der Waals surface area (Å²) in [6, 6.07) is 7.41. The molecule has 11 heteroatoms. The molecule has 36 heavy (non-hydrogen) atoms. The Hall–Kier alpha value is -1.57. The monoisotopic (exact) mass is 697 g/mol. The third-order valence-corrected chi connectivity index (χ3v) is 7.64. The third-order valence-electron chi connectivity index (χ3n) is 5.44. The van der Waals surface area contributed by atoms with E-state index in [0.717, 1.165) is 11.0 Å². The fourth-order valence-corrected chi connectivity index (χ4v) is 6.21. The van der Waals surface area contributed by atoms with Crippen molar-refractivity contribution in [3.63, 3.8) is 0 Å². The molecule has 1 amide bonds. The first-order valence-electron chi connectivity index (χ1n) is 11.4. The van der Waals surface area contributed by atoms with Gasteiger partial charge < -0.3 is 19.5 Å². The maximum Gasteiger partial charge on any atom is 0.410 e. The molecule has 0 radical (unpaired) electrons. The molecule has 3 rings (SSSR count). The number of esters is 1. The van der Waals surface area contributed by atoms with Crippen molar-refractivity contribution in [3.05, 3.63) is 65.8 Å². The molecule has 2 aromatic rings. The molecule has 196 valence electrons. The number of hydrogen-bond donors (Lipinski definition) is 1. The second kappa shape index (κ2) is 12.8. The van der Waals surface area contributed by atoms with Crippen molar-refractivity contribution in [1.29, 1.82) is 0 Å². The van der Waals surface area contributed by atoms with Crippen molar-refractivity contribution in [2.24, 2.45) is 0 Å². The van der Waals surface area contributed by atoms with Crippen LogP contribution in [0, 0.1) is 3.57 Å². The standard InChI is InChI=1S/C25H27BrF2INO5S/c1-15(2)35-23(32)21-7-6-20(36-21)4-3-10-30-19(9-11-34-24(30)33)5-8-22(31)25(27,28)16-12-17(26)14-18(29)13-16/h5-8,12-15,19,22,31H,3-4,9-11H2,1-2H3/t19-,22?/m0/s1. The van der Waals surface area contributed by atoms with Crippen LogP contribution in [0.1, 0.15) is 46.8 Å². The molecule has 0 aliphatic carbocycles. The molecule has 2 heterocycles. The van der Waals surface area contributed by atoms with Gasteiger partial charge in [-0.15, -0.1) is 11.3 Å². The molecule has 1 aromatic carbocycles. The van der Waals surface area contributed by atoms with Gasteiger partial charge in [-0.05, 0) is 79.6 Å². The highest BCUT2D eigenvalue weighted by Gasteiger charge is 2.40. The molecular formula is C25H27BrF2INO5S. The number of carbonyl (C=O) groups excluding carboxylic acids is 2. The lowest BCUT2D eigenvalue weighted by Gasteiger charge is -2.33. The quantitative estimate of drug-likeness (QED) is 0.174. The Morgan fingerprint density at radius 3 is 2.83 bits per heavy atom. The average Bonchev–Trinajstić information content (AvgIpc) is 3.27. The summed E-state index contributed by atoms with van der Waals surface area (Å²) in [5.41, 5.74) is -0.300. The minimum Gasteiger partial charge on any atom is -0.459 e. The number of thiophene rings is 1. The van der Waals surface area contributed by atoms with Crippen LogP contribution in [0.2, 0.25) is 0 Å². The van der Waals surface area contributed by atoms with Crippen LogP contribution >= 0.6 is 49.9 Å². The number of aryl methyl sites for hydroxylation is 1. The maximum absolute atomic E-state index is 14.9. The van der Waals surface area contributed by atoms with E-state index in [9.17, 15) is 23.5 Å². The smallest absolute Gasteiger partial charge is 0.410 e. The molecule has 1 fully saturated rings. The highest BCUT2D eigenvalue weighted by Crippen LogP contribution is 2.35. The van der Waals surface area contributed by atoms with Crippen molar-refractivity contribution >= 4 is 61.9 Å². The topological polar surface area (TPSA) is 76.1 Å². The zero-order valence-corrected chi connectivity index (χ0v) is 24.3. The zero-order chi connectivity index (χ0) is 26.5. The van der Waals surface area contributed by atoms with Crippen molar-refractivity contribution in [2.45, 2.75) is 57.3 Å². The van der Waals surface area contributed by atoms with Crippen molar-refractivity contribution in [2.75, 3.05) is 13.2 Å². The molecule has 2 atom stereocenters. The Morgan fingerprint density at radius 2 is 2.14 bits per heavy atom. The van der Waals surface area contributed by atoms with E-state index in [4.69, 9.17) is 9.47 Å². The zero-order valence-electron chi connectivity index (χ0n) is 19.8. The molecule has 6 nitrogen and oxygen atoms in total. The number of ether oxygens (including phenoxy) is 2. The normalized spacial score (nSPS) is 17.5. The highest BCUT2D eigenvalue weighted by molar-refractivity contribution is 14.1. The fourth-order valence-electron chi connectivity index (χ4n) is 3.69. The summed E-state index contributed by atoms with van der Waals surface area (Å²) in [5.74, 6) is -3.87. The van der Waals surface area contributed by atoms with Gasteiger partial charge in [-0.2, -0.15) is 8.78 Å². The summed E-state index contributed by atoms with van der Waals surface area (Å²) in [6.07, 6.45) is 1.37. The lowest BCUT2D eigenvalue weighted by molar-refractivity contribution is -0.0930. The predicted molar refractivity (Wildman–Crippen MR) is 146 cm³/mol. The van der Waals surface area contributed by atoms with E-state index < -0.39 is 24.2 Å². The Labute approximate surface area is 234 Å². The molecule has 1 aliphatic rings. The summed E-state index contributed by atoms with van der Waals surface area (Å²) in [7, 11) is 0. The summed E-state index contributed by atoms with van der Waals surface area (Å²) in [6.45, 7) is 4.09. The number of aliphatic hydroxyl groups excluding tert-OH is 1. The van der Waals surface area contributed by atoms with E-state index in [2.05, 4.69) is 15.9 Å². The van der Waals surface area contributed by atoms with Gasteiger partial charge in [0.05, 0.1) is 18.8 Å². The van der Waals surface area contributed by atoms with Crippen molar-refractivity contribution in [1.82, 2.24) is 4.90 Å². The number of rotatable bonds is 10. The molecule has 1 N–H and O–H groups in total. The first-order chi connectivity index (χ1) is 17.0. The van der Waals surface area contributed by atoms with Gasteiger partial charge in [-0.25, -0.2) is 9.59 Å². The fraction of sp³-hybridized carbons (Fsp3) is 0.440.